The van der Waals surface area contributed by atoms with Gasteiger partial charge in [0.2, 0.25) is 0 Å². The van der Waals surface area contributed by atoms with E-state index in [0.717, 1.165) is 0 Å². The zero-order chi connectivity index (χ0) is 13.1. The molecule has 1 aromatic carbocycles. The summed E-state index contributed by atoms with van der Waals surface area (Å²) in [7, 11) is 0. The Balaban J connectivity index is 2.22. The second kappa shape index (κ2) is 5.25. The molecule has 18 heavy (non-hydrogen) atoms. The summed E-state index contributed by atoms with van der Waals surface area (Å²) >= 11 is 11.6. The number of carbonyl (C=O) groups is 1. The van der Waals surface area contributed by atoms with Crippen LogP contribution in [-0.4, -0.2) is 10.9 Å². The van der Waals surface area contributed by atoms with Gasteiger partial charge in [0.15, 0.2) is 0 Å². The van der Waals surface area contributed by atoms with Gasteiger partial charge < -0.3 is 11.1 Å². The standard InChI is InChI=1S/C12H9Cl2N3O/c13-8-3-7(4-9(15)5-8)12(18)17-10-1-2-16-11(14)6-10/h1-6H,15H2,(H,16,17,18). The first-order valence-corrected chi connectivity index (χ1v) is 5.79. The number of carbonyl (C=O) groups excluding carboxylic acids is 1. The van der Waals surface area contributed by atoms with Crippen LogP contribution in [0.1, 0.15) is 10.4 Å². The molecule has 1 amide bonds. The number of anilines is 2. The van der Waals surface area contributed by atoms with Crippen LogP contribution in [-0.2, 0) is 0 Å². The molecule has 2 rings (SSSR count). The quantitative estimate of drug-likeness (QED) is 0.656. The van der Waals surface area contributed by atoms with Crippen molar-refractivity contribution in [2.75, 3.05) is 11.1 Å². The predicted octanol–water partition coefficient (Wildman–Crippen LogP) is 3.22. The Morgan fingerprint density at radius 3 is 2.67 bits per heavy atom. The van der Waals surface area contributed by atoms with E-state index in [-0.39, 0.29) is 5.91 Å². The molecule has 0 aliphatic rings. The van der Waals surface area contributed by atoms with Gasteiger partial charge in [-0.3, -0.25) is 4.79 Å². The van der Waals surface area contributed by atoms with E-state index in [1.165, 1.54) is 12.3 Å². The minimum Gasteiger partial charge on any atom is -0.399 e. The molecule has 0 fully saturated rings. The van der Waals surface area contributed by atoms with Gasteiger partial charge in [-0.15, -0.1) is 0 Å². The summed E-state index contributed by atoms with van der Waals surface area (Å²) in [6, 6.07) is 7.84. The average Bonchev–Trinajstić information content (AvgIpc) is 2.27. The number of aromatic nitrogens is 1. The Morgan fingerprint density at radius 2 is 2.00 bits per heavy atom. The maximum absolute atomic E-state index is 11.9. The number of nitrogen functional groups attached to an aromatic ring is 1. The van der Waals surface area contributed by atoms with Gasteiger partial charge >= 0.3 is 0 Å². The monoisotopic (exact) mass is 281 g/mol. The molecule has 0 atom stereocenters. The molecule has 0 spiro atoms. The molecule has 0 saturated heterocycles. The third-order valence-corrected chi connectivity index (χ3v) is 2.59. The lowest BCUT2D eigenvalue weighted by Gasteiger charge is -2.06. The molecule has 92 valence electrons. The van der Waals surface area contributed by atoms with E-state index in [4.69, 9.17) is 28.9 Å². The van der Waals surface area contributed by atoms with Crippen LogP contribution in [0.2, 0.25) is 10.2 Å². The molecule has 4 nitrogen and oxygen atoms in total. The van der Waals surface area contributed by atoms with Gasteiger partial charge in [0.25, 0.3) is 5.91 Å². The van der Waals surface area contributed by atoms with Gasteiger partial charge in [-0.1, -0.05) is 23.2 Å². The third-order valence-electron chi connectivity index (χ3n) is 2.17. The fourth-order valence-corrected chi connectivity index (χ4v) is 1.84. The van der Waals surface area contributed by atoms with Gasteiger partial charge in [-0.05, 0) is 30.3 Å². The molecule has 0 saturated carbocycles. The Bertz CT molecular complexity index is 581. The Labute approximate surface area is 114 Å². The molecule has 0 unspecified atom stereocenters. The minimum atomic E-state index is -0.313. The van der Waals surface area contributed by atoms with E-state index in [1.807, 2.05) is 0 Å². The number of benzene rings is 1. The number of amides is 1. The van der Waals surface area contributed by atoms with Crippen molar-refractivity contribution in [1.29, 1.82) is 0 Å². The molecule has 2 aromatic rings. The largest absolute Gasteiger partial charge is 0.399 e. The SMILES string of the molecule is Nc1cc(Cl)cc(C(=O)Nc2ccnc(Cl)c2)c1. The number of hydrogen-bond donors (Lipinski definition) is 2. The first-order valence-electron chi connectivity index (χ1n) is 5.03. The third kappa shape index (κ3) is 3.12. The maximum atomic E-state index is 11.9. The summed E-state index contributed by atoms with van der Waals surface area (Å²) in [4.78, 5) is 15.8. The van der Waals surface area contributed by atoms with Crippen molar-refractivity contribution in [1.82, 2.24) is 4.98 Å². The summed E-state index contributed by atoms with van der Waals surface area (Å²) in [5.74, 6) is -0.313. The summed E-state index contributed by atoms with van der Waals surface area (Å²) in [5, 5.41) is 3.39. The number of pyridine rings is 1. The van der Waals surface area contributed by atoms with Gasteiger partial charge in [-0.2, -0.15) is 0 Å². The number of halogens is 2. The van der Waals surface area contributed by atoms with Gasteiger partial charge in [0.05, 0.1) is 0 Å². The highest BCUT2D eigenvalue weighted by molar-refractivity contribution is 6.31. The van der Waals surface area contributed by atoms with Crippen LogP contribution in [0.3, 0.4) is 0 Å². The van der Waals surface area contributed by atoms with Crippen molar-refractivity contribution in [2.45, 2.75) is 0 Å². The number of nitrogens with zero attached hydrogens (tertiary/aromatic N) is 1. The van der Waals surface area contributed by atoms with Gasteiger partial charge in [0, 0.05) is 28.2 Å². The van der Waals surface area contributed by atoms with Crippen LogP contribution in [0, 0.1) is 0 Å². The van der Waals surface area contributed by atoms with Crippen LogP contribution in [0.5, 0.6) is 0 Å². The molecule has 0 radical (unpaired) electrons. The second-order valence-electron chi connectivity index (χ2n) is 3.59. The lowest BCUT2D eigenvalue weighted by atomic mass is 10.2. The zero-order valence-corrected chi connectivity index (χ0v) is 10.7. The highest BCUT2D eigenvalue weighted by atomic mass is 35.5. The molecule has 0 aliphatic heterocycles. The van der Waals surface area contributed by atoms with Crippen molar-refractivity contribution < 1.29 is 4.79 Å². The first-order chi connectivity index (χ1) is 8.54. The summed E-state index contributed by atoms with van der Waals surface area (Å²) in [6.45, 7) is 0. The normalized spacial score (nSPS) is 10.1. The van der Waals surface area contributed by atoms with E-state index in [1.54, 1.807) is 24.3 Å². The highest BCUT2D eigenvalue weighted by Gasteiger charge is 2.08. The van der Waals surface area contributed by atoms with Gasteiger partial charge in [-0.25, -0.2) is 4.98 Å². The Morgan fingerprint density at radius 1 is 1.22 bits per heavy atom. The number of nitrogens with two attached hydrogens (primary N) is 1. The van der Waals surface area contributed by atoms with E-state index in [0.29, 0.717) is 27.1 Å². The molecule has 0 aliphatic carbocycles. The molecular weight excluding hydrogens is 273 g/mol. The topological polar surface area (TPSA) is 68.0 Å². The lowest BCUT2D eigenvalue weighted by molar-refractivity contribution is 0.102. The van der Waals surface area contributed by atoms with Crippen molar-refractivity contribution in [3.05, 3.63) is 52.3 Å². The van der Waals surface area contributed by atoms with Crippen molar-refractivity contribution in [2.24, 2.45) is 0 Å². The van der Waals surface area contributed by atoms with E-state index in [2.05, 4.69) is 10.3 Å². The summed E-state index contributed by atoms with van der Waals surface area (Å²) in [5.41, 5.74) is 6.99. The minimum absolute atomic E-state index is 0.304. The maximum Gasteiger partial charge on any atom is 0.255 e. The fourth-order valence-electron chi connectivity index (χ4n) is 1.43. The lowest BCUT2D eigenvalue weighted by Crippen LogP contribution is -2.12. The smallest absolute Gasteiger partial charge is 0.255 e. The number of nitrogens with one attached hydrogen (secondary N) is 1. The molecule has 1 heterocycles. The molecule has 1 aromatic heterocycles. The zero-order valence-electron chi connectivity index (χ0n) is 9.15. The second-order valence-corrected chi connectivity index (χ2v) is 4.42. The average molecular weight is 282 g/mol. The van der Waals surface area contributed by atoms with Crippen molar-refractivity contribution >= 4 is 40.5 Å². The Kier molecular flexibility index (Phi) is 3.69. The van der Waals surface area contributed by atoms with Crippen LogP contribution >= 0.6 is 23.2 Å². The van der Waals surface area contributed by atoms with Crippen molar-refractivity contribution in [3.8, 4) is 0 Å². The van der Waals surface area contributed by atoms with Crippen molar-refractivity contribution in [3.63, 3.8) is 0 Å². The fraction of sp³-hybridized carbons (Fsp3) is 0. The van der Waals surface area contributed by atoms with Crippen LogP contribution < -0.4 is 11.1 Å². The summed E-state index contributed by atoms with van der Waals surface area (Å²) < 4.78 is 0. The Hall–Kier alpha value is -1.78. The van der Waals surface area contributed by atoms with E-state index < -0.39 is 0 Å². The predicted molar refractivity (Wildman–Crippen MR) is 73.1 cm³/mol. The number of hydrogen-bond acceptors (Lipinski definition) is 3. The van der Waals surface area contributed by atoms with E-state index in [9.17, 15) is 4.79 Å². The van der Waals surface area contributed by atoms with Crippen LogP contribution in [0.25, 0.3) is 0 Å². The molecule has 0 bridgehead atoms. The van der Waals surface area contributed by atoms with Gasteiger partial charge in [0.1, 0.15) is 5.15 Å². The number of rotatable bonds is 2. The molecular formula is C12H9Cl2N3O. The highest BCUT2D eigenvalue weighted by Crippen LogP contribution is 2.18. The summed E-state index contributed by atoms with van der Waals surface area (Å²) in [6.07, 6.45) is 1.50. The molecule has 3 N–H and O–H groups in total. The first kappa shape index (κ1) is 12.7. The van der Waals surface area contributed by atoms with E-state index >= 15 is 0 Å². The van der Waals surface area contributed by atoms with Crippen LogP contribution in [0.15, 0.2) is 36.5 Å². The van der Waals surface area contributed by atoms with Crippen LogP contribution in [0.4, 0.5) is 11.4 Å². The molecule has 6 heteroatoms.